The molecule has 0 aliphatic carbocycles. The minimum atomic E-state index is -4.50. The van der Waals surface area contributed by atoms with E-state index in [0.717, 1.165) is 23.6 Å². The Morgan fingerprint density at radius 3 is 2.12 bits per heavy atom. The summed E-state index contributed by atoms with van der Waals surface area (Å²) >= 11 is 0. The van der Waals surface area contributed by atoms with E-state index < -0.39 is 11.9 Å². The highest BCUT2D eigenvalue weighted by Gasteiger charge is 2.32. The smallest absolute Gasteiger partial charge is 0.355 e. The van der Waals surface area contributed by atoms with Gasteiger partial charge in [0.15, 0.2) is 0 Å². The lowest BCUT2D eigenvalue weighted by molar-refractivity contribution is -0.141. The molecule has 0 unspecified atom stereocenters. The van der Waals surface area contributed by atoms with Crippen LogP contribution in [0.3, 0.4) is 0 Å². The van der Waals surface area contributed by atoms with E-state index in [0.29, 0.717) is 5.69 Å². The number of aromatic nitrogens is 2. The van der Waals surface area contributed by atoms with Crippen molar-refractivity contribution < 1.29 is 13.2 Å². The Labute approximate surface area is 136 Å². The molecule has 2 aromatic carbocycles. The van der Waals surface area contributed by atoms with E-state index in [4.69, 9.17) is 0 Å². The fraction of sp³-hybridized carbons (Fsp3) is 0.0588. The molecule has 0 radical (unpaired) electrons. The first kappa shape index (κ1) is 15.8. The minimum absolute atomic E-state index is 0.110. The zero-order valence-electron chi connectivity index (χ0n) is 12.4. The third-order valence-corrected chi connectivity index (χ3v) is 3.13. The van der Waals surface area contributed by atoms with E-state index in [2.05, 4.69) is 20.6 Å². The number of hydrogen-bond acceptors (Lipinski definition) is 4. The van der Waals surface area contributed by atoms with Gasteiger partial charge in [-0.1, -0.05) is 24.3 Å². The van der Waals surface area contributed by atoms with Crippen LogP contribution in [0.15, 0.2) is 66.9 Å². The second-order valence-corrected chi connectivity index (χ2v) is 4.96. The first-order valence-electron chi connectivity index (χ1n) is 7.10. The number of anilines is 4. The van der Waals surface area contributed by atoms with E-state index in [1.54, 1.807) is 18.2 Å². The molecule has 0 bridgehead atoms. The Kier molecular flexibility index (Phi) is 4.33. The highest BCUT2D eigenvalue weighted by molar-refractivity contribution is 5.66. The van der Waals surface area contributed by atoms with Crippen molar-refractivity contribution in [2.24, 2.45) is 0 Å². The fourth-order valence-corrected chi connectivity index (χ4v) is 2.07. The molecule has 0 atom stereocenters. The molecule has 0 amide bonds. The maximum absolute atomic E-state index is 12.7. The molecule has 7 heteroatoms. The third kappa shape index (κ3) is 4.01. The molecule has 0 spiro atoms. The van der Waals surface area contributed by atoms with Crippen LogP contribution in [0.4, 0.5) is 36.2 Å². The maximum Gasteiger partial charge on any atom is 0.433 e. The molecule has 1 aromatic heterocycles. The highest BCUT2D eigenvalue weighted by Crippen LogP contribution is 2.28. The summed E-state index contributed by atoms with van der Waals surface area (Å²) in [6.45, 7) is 0. The molecule has 3 rings (SSSR count). The van der Waals surface area contributed by atoms with Crippen LogP contribution in [-0.2, 0) is 6.18 Å². The fourth-order valence-electron chi connectivity index (χ4n) is 2.07. The zero-order chi connectivity index (χ0) is 17.0. The maximum atomic E-state index is 12.7. The number of nitrogens with zero attached hydrogens (tertiary/aromatic N) is 2. The van der Waals surface area contributed by atoms with Crippen molar-refractivity contribution in [3.63, 3.8) is 0 Å². The van der Waals surface area contributed by atoms with Crippen LogP contribution >= 0.6 is 0 Å². The van der Waals surface area contributed by atoms with E-state index >= 15 is 0 Å². The van der Waals surface area contributed by atoms with Crippen molar-refractivity contribution in [1.29, 1.82) is 0 Å². The Bertz CT molecular complexity index is 819. The number of alkyl halides is 3. The molecule has 4 nitrogen and oxygen atoms in total. The largest absolute Gasteiger partial charge is 0.433 e. The molecule has 24 heavy (non-hydrogen) atoms. The average Bonchev–Trinajstić information content (AvgIpc) is 2.56. The first-order chi connectivity index (χ1) is 11.5. The van der Waals surface area contributed by atoms with Gasteiger partial charge in [0, 0.05) is 23.3 Å². The zero-order valence-corrected chi connectivity index (χ0v) is 12.4. The van der Waals surface area contributed by atoms with Crippen LogP contribution in [0.25, 0.3) is 0 Å². The van der Waals surface area contributed by atoms with Gasteiger partial charge in [-0.15, -0.1) is 0 Å². The average molecular weight is 330 g/mol. The van der Waals surface area contributed by atoms with Gasteiger partial charge in [-0.2, -0.15) is 13.2 Å². The number of nitrogens with one attached hydrogen (secondary N) is 2. The number of halogens is 3. The summed E-state index contributed by atoms with van der Waals surface area (Å²) in [4.78, 5) is 7.30. The van der Waals surface area contributed by atoms with Crippen molar-refractivity contribution in [3.8, 4) is 0 Å². The molecule has 122 valence electrons. The van der Waals surface area contributed by atoms with Gasteiger partial charge in [-0.05, 0) is 36.4 Å². The normalized spacial score (nSPS) is 11.1. The highest BCUT2D eigenvalue weighted by atomic mass is 19.4. The second-order valence-electron chi connectivity index (χ2n) is 4.96. The molecular weight excluding hydrogens is 317 g/mol. The molecule has 0 fully saturated rings. The van der Waals surface area contributed by atoms with E-state index in [1.807, 2.05) is 36.4 Å². The van der Waals surface area contributed by atoms with Crippen LogP contribution in [-0.4, -0.2) is 9.97 Å². The van der Waals surface area contributed by atoms with Gasteiger partial charge < -0.3 is 10.6 Å². The van der Waals surface area contributed by atoms with Gasteiger partial charge in [-0.25, -0.2) is 9.97 Å². The van der Waals surface area contributed by atoms with Crippen molar-refractivity contribution in [1.82, 2.24) is 9.97 Å². The number of rotatable bonds is 4. The van der Waals surface area contributed by atoms with Crippen LogP contribution in [0.5, 0.6) is 0 Å². The summed E-state index contributed by atoms with van der Waals surface area (Å²) in [6.07, 6.45) is -3.43. The van der Waals surface area contributed by atoms with Gasteiger partial charge in [0.2, 0.25) is 5.95 Å². The Balaban J connectivity index is 1.78. The molecule has 3 aromatic rings. The monoisotopic (exact) mass is 330 g/mol. The predicted molar refractivity (Wildman–Crippen MR) is 86.5 cm³/mol. The van der Waals surface area contributed by atoms with Crippen molar-refractivity contribution in [3.05, 3.63) is 72.6 Å². The summed E-state index contributed by atoms with van der Waals surface area (Å²) in [5.41, 5.74) is 1.29. The molecule has 2 N–H and O–H groups in total. The quantitative estimate of drug-likeness (QED) is 0.708. The van der Waals surface area contributed by atoms with Crippen LogP contribution in [0, 0.1) is 0 Å². The number of hydrogen-bond donors (Lipinski definition) is 2. The SMILES string of the molecule is FC(F)(F)c1ccnc(Nc2cccc(Nc3ccccc3)c2)n1. The third-order valence-electron chi connectivity index (χ3n) is 3.13. The van der Waals surface area contributed by atoms with E-state index in [1.165, 1.54) is 0 Å². The predicted octanol–water partition coefficient (Wildman–Crippen LogP) is 4.98. The number of benzene rings is 2. The topological polar surface area (TPSA) is 49.8 Å². The van der Waals surface area contributed by atoms with Crippen molar-refractivity contribution in [2.75, 3.05) is 10.6 Å². The summed E-state index contributed by atoms with van der Waals surface area (Å²) in [7, 11) is 0. The van der Waals surface area contributed by atoms with Gasteiger partial charge >= 0.3 is 6.18 Å². The molecule has 0 saturated carbocycles. The second kappa shape index (κ2) is 6.57. The number of para-hydroxylation sites is 1. The molecular formula is C17H13F3N4. The van der Waals surface area contributed by atoms with Gasteiger partial charge in [0.05, 0.1) is 0 Å². The van der Waals surface area contributed by atoms with E-state index in [9.17, 15) is 13.2 Å². The van der Waals surface area contributed by atoms with Gasteiger partial charge in [0.1, 0.15) is 5.69 Å². The van der Waals surface area contributed by atoms with Crippen LogP contribution < -0.4 is 10.6 Å². The standard InChI is InChI=1S/C17H13F3N4/c18-17(19,20)15-9-10-21-16(24-15)23-14-8-4-7-13(11-14)22-12-5-2-1-3-6-12/h1-11,22H,(H,21,23,24). The molecule has 0 saturated heterocycles. The van der Waals surface area contributed by atoms with Gasteiger partial charge in [-0.3, -0.25) is 0 Å². The Morgan fingerprint density at radius 1 is 0.750 bits per heavy atom. The summed E-state index contributed by atoms with van der Waals surface area (Å²) in [5, 5.41) is 5.99. The van der Waals surface area contributed by atoms with Crippen molar-refractivity contribution in [2.45, 2.75) is 6.18 Å². The van der Waals surface area contributed by atoms with E-state index in [-0.39, 0.29) is 5.95 Å². The summed E-state index contributed by atoms with van der Waals surface area (Å²) < 4.78 is 38.1. The Hall–Kier alpha value is -3.09. The van der Waals surface area contributed by atoms with Crippen molar-refractivity contribution >= 4 is 23.0 Å². The van der Waals surface area contributed by atoms with Crippen LogP contribution in [0.1, 0.15) is 5.69 Å². The molecule has 0 aliphatic rings. The minimum Gasteiger partial charge on any atom is -0.355 e. The molecule has 1 heterocycles. The lowest BCUT2D eigenvalue weighted by Crippen LogP contribution is -2.10. The summed E-state index contributed by atoms with van der Waals surface area (Å²) in [6, 6.07) is 17.5. The first-order valence-corrected chi connectivity index (χ1v) is 7.10. The lowest BCUT2D eigenvalue weighted by atomic mass is 10.2. The Morgan fingerprint density at radius 2 is 1.42 bits per heavy atom. The van der Waals surface area contributed by atoms with Crippen LogP contribution in [0.2, 0.25) is 0 Å². The van der Waals surface area contributed by atoms with Gasteiger partial charge in [0.25, 0.3) is 0 Å². The summed E-state index contributed by atoms with van der Waals surface area (Å²) in [5.74, 6) is -0.110. The lowest BCUT2D eigenvalue weighted by Gasteiger charge is -2.11. The molecule has 0 aliphatic heterocycles.